The minimum atomic E-state index is -0.977. The number of aliphatic hydroxyl groups excluding tert-OH is 1. The largest absolute Gasteiger partial charge is 0.383 e. The zero-order valence-electron chi connectivity index (χ0n) is 11.7. The van der Waals surface area contributed by atoms with Crippen LogP contribution in [-0.4, -0.2) is 38.7 Å². The molecule has 0 spiro atoms. The van der Waals surface area contributed by atoms with Gasteiger partial charge in [-0.2, -0.15) is 4.98 Å². The van der Waals surface area contributed by atoms with Crippen molar-refractivity contribution in [2.24, 2.45) is 5.92 Å². The molecule has 19 heavy (non-hydrogen) atoms. The first kappa shape index (κ1) is 14.0. The van der Waals surface area contributed by atoms with Crippen LogP contribution in [0.4, 0.5) is 0 Å². The third kappa shape index (κ3) is 3.32. The van der Waals surface area contributed by atoms with Crippen molar-refractivity contribution in [3.8, 4) is 0 Å². The number of carbonyl (C=O) groups excluding carboxylic acids is 1. The molecule has 1 amide bonds. The van der Waals surface area contributed by atoms with Crippen molar-refractivity contribution in [2.45, 2.75) is 52.2 Å². The molecule has 1 N–H and O–H groups in total. The molecule has 1 aromatic heterocycles. The first-order valence-corrected chi connectivity index (χ1v) is 6.82. The Balaban J connectivity index is 1.99. The summed E-state index contributed by atoms with van der Waals surface area (Å²) in [6, 6.07) is 0. The van der Waals surface area contributed by atoms with Crippen molar-refractivity contribution in [3.63, 3.8) is 0 Å². The minimum absolute atomic E-state index is 0.103. The Kier molecular flexibility index (Phi) is 4.19. The second-order valence-electron chi connectivity index (χ2n) is 5.36. The fraction of sp³-hybridized carbons (Fsp3) is 0.769. The predicted octanol–water partition coefficient (Wildman–Crippen LogP) is 1.31. The van der Waals surface area contributed by atoms with Gasteiger partial charge in [-0.3, -0.25) is 4.79 Å². The van der Waals surface area contributed by atoms with Gasteiger partial charge in [-0.1, -0.05) is 19.0 Å². The molecule has 106 valence electrons. The van der Waals surface area contributed by atoms with Crippen LogP contribution in [0.2, 0.25) is 0 Å². The van der Waals surface area contributed by atoms with Crippen molar-refractivity contribution in [3.05, 3.63) is 11.7 Å². The molecule has 0 aromatic carbocycles. The fourth-order valence-electron chi connectivity index (χ4n) is 1.82. The summed E-state index contributed by atoms with van der Waals surface area (Å²) >= 11 is 0. The third-order valence-electron chi connectivity index (χ3n) is 3.32. The van der Waals surface area contributed by atoms with E-state index in [2.05, 4.69) is 10.1 Å². The maximum absolute atomic E-state index is 12.1. The molecule has 1 atom stereocenters. The smallest absolute Gasteiger partial charge is 0.252 e. The van der Waals surface area contributed by atoms with Crippen molar-refractivity contribution >= 4 is 5.91 Å². The van der Waals surface area contributed by atoms with Gasteiger partial charge in [0.05, 0.1) is 6.54 Å². The average molecular weight is 267 g/mol. The van der Waals surface area contributed by atoms with Gasteiger partial charge in [0.15, 0.2) is 5.82 Å². The summed E-state index contributed by atoms with van der Waals surface area (Å²) in [5.74, 6) is 1.20. The fourth-order valence-corrected chi connectivity index (χ4v) is 1.82. The van der Waals surface area contributed by atoms with E-state index in [0.29, 0.717) is 24.2 Å². The zero-order chi connectivity index (χ0) is 14.0. The lowest BCUT2D eigenvalue weighted by Gasteiger charge is -2.24. The molecule has 1 heterocycles. The first-order chi connectivity index (χ1) is 9.02. The molecule has 0 radical (unpaired) electrons. The van der Waals surface area contributed by atoms with Gasteiger partial charge in [0, 0.05) is 12.5 Å². The van der Waals surface area contributed by atoms with Crippen LogP contribution >= 0.6 is 0 Å². The van der Waals surface area contributed by atoms with E-state index in [4.69, 9.17) is 4.52 Å². The number of aromatic nitrogens is 2. The standard InChI is InChI=1S/C13H21N3O3/c1-4-16(13(18)11(17)8(2)3)7-10-14-12(19-15-10)9-5-6-9/h8-9,11,17H,4-7H2,1-3H3/t11-/m0/s1. The minimum Gasteiger partial charge on any atom is -0.383 e. The van der Waals surface area contributed by atoms with Crippen molar-refractivity contribution < 1.29 is 14.4 Å². The van der Waals surface area contributed by atoms with Crippen LogP contribution in [0.25, 0.3) is 0 Å². The molecule has 1 saturated carbocycles. The normalized spacial score (nSPS) is 16.7. The van der Waals surface area contributed by atoms with Crippen LogP contribution in [0.1, 0.15) is 51.2 Å². The third-order valence-corrected chi connectivity index (χ3v) is 3.32. The molecular weight excluding hydrogens is 246 g/mol. The quantitative estimate of drug-likeness (QED) is 0.840. The van der Waals surface area contributed by atoms with E-state index < -0.39 is 6.10 Å². The molecule has 1 fully saturated rings. The van der Waals surface area contributed by atoms with E-state index >= 15 is 0 Å². The number of hydrogen-bond donors (Lipinski definition) is 1. The van der Waals surface area contributed by atoms with E-state index in [1.807, 2.05) is 20.8 Å². The highest BCUT2D eigenvalue weighted by molar-refractivity contribution is 5.80. The summed E-state index contributed by atoms with van der Waals surface area (Å²) in [7, 11) is 0. The lowest BCUT2D eigenvalue weighted by atomic mass is 10.1. The number of likely N-dealkylation sites (N-methyl/N-ethyl adjacent to an activating group) is 1. The monoisotopic (exact) mass is 267 g/mol. The predicted molar refractivity (Wildman–Crippen MR) is 68.2 cm³/mol. The molecule has 2 rings (SSSR count). The summed E-state index contributed by atoms with van der Waals surface area (Å²) in [5.41, 5.74) is 0. The van der Waals surface area contributed by atoms with Gasteiger partial charge in [0.2, 0.25) is 5.89 Å². The Hall–Kier alpha value is -1.43. The maximum atomic E-state index is 12.1. The SMILES string of the molecule is CCN(Cc1noc(C2CC2)n1)C(=O)[C@@H](O)C(C)C. The van der Waals surface area contributed by atoms with Gasteiger partial charge < -0.3 is 14.5 Å². The maximum Gasteiger partial charge on any atom is 0.252 e. The molecule has 0 aliphatic heterocycles. The second kappa shape index (κ2) is 5.69. The highest BCUT2D eigenvalue weighted by Gasteiger charge is 2.30. The lowest BCUT2D eigenvalue weighted by Crippen LogP contribution is -2.41. The molecular formula is C13H21N3O3. The van der Waals surface area contributed by atoms with E-state index in [9.17, 15) is 9.90 Å². The van der Waals surface area contributed by atoms with E-state index in [0.717, 1.165) is 12.8 Å². The van der Waals surface area contributed by atoms with Crippen molar-refractivity contribution in [1.82, 2.24) is 15.0 Å². The van der Waals surface area contributed by atoms with Gasteiger partial charge in [0.1, 0.15) is 6.10 Å². The molecule has 1 aromatic rings. The Morgan fingerprint density at radius 1 is 1.53 bits per heavy atom. The molecule has 6 heteroatoms. The van der Waals surface area contributed by atoms with E-state index in [1.54, 1.807) is 4.90 Å². The molecule has 0 saturated heterocycles. The molecule has 0 bridgehead atoms. The van der Waals surface area contributed by atoms with Crippen LogP contribution in [0, 0.1) is 5.92 Å². The van der Waals surface area contributed by atoms with Crippen LogP contribution in [0.15, 0.2) is 4.52 Å². The van der Waals surface area contributed by atoms with E-state index in [-0.39, 0.29) is 18.4 Å². The first-order valence-electron chi connectivity index (χ1n) is 6.82. The Bertz CT molecular complexity index is 440. The van der Waals surface area contributed by atoms with Gasteiger partial charge in [-0.05, 0) is 25.7 Å². The lowest BCUT2D eigenvalue weighted by molar-refractivity contribution is -0.142. The molecule has 1 aliphatic carbocycles. The summed E-state index contributed by atoms with van der Waals surface area (Å²) in [6.07, 6.45) is 1.23. The van der Waals surface area contributed by atoms with Crippen LogP contribution in [-0.2, 0) is 11.3 Å². The number of nitrogens with zero attached hydrogens (tertiary/aromatic N) is 3. The number of carbonyl (C=O) groups is 1. The number of hydrogen-bond acceptors (Lipinski definition) is 5. The highest BCUT2D eigenvalue weighted by atomic mass is 16.5. The summed E-state index contributed by atoms with van der Waals surface area (Å²) in [6.45, 7) is 6.30. The summed E-state index contributed by atoms with van der Waals surface area (Å²) in [5, 5.41) is 13.7. The van der Waals surface area contributed by atoms with Gasteiger partial charge in [0.25, 0.3) is 5.91 Å². The van der Waals surface area contributed by atoms with Crippen molar-refractivity contribution in [1.29, 1.82) is 0 Å². The van der Waals surface area contributed by atoms with Crippen molar-refractivity contribution in [2.75, 3.05) is 6.54 Å². The Morgan fingerprint density at radius 2 is 2.21 bits per heavy atom. The van der Waals surface area contributed by atoms with Gasteiger partial charge in [-0.25, -0.2) is 0 Å². The van der Waals surface area contributed by atoms with E-state index in [1.165, 1.54) is 0 Å². The highest BCUT2D eigenvalue weighted by Crippen LogP contribution is 2.38. The van der Waals surface area contributed by atoms with Crippen LogP contribution < -0.4 is 0 Å². The molecule has 1 aliphatic rings. The van der Waals surface area contributed by atoms with Gasteiger partial charge >= 0.3 is 0 Å². The van der Waals surface area contributed by atoms with Crippen LogP contribution in [0.3, 0.4) is 0 Å². The zero-order valence-corrected chi connectivity index (χ0v) is 11.7. The summed E-state index contributed by atoms with van der Waals surface area (Å²) in [4.78, 5) is 17.9. The second-order valence-corrected chi connectivity index (χ2v) is 5.36. The summed E-state index contributed by atoms with van der Waals surface area (Å²) < 4.78 is 5.16. The van der Waals surface area contributed by atoms with Crippen LogP contribution in [0.5, 0.6) is 0 Å². The van der Waals surface area contributed by atoms with Gasteiger partial charge in [-0.15, -0.1) is 0 Å². The molecule has 6 nitrogen and oxygen atoms in total. The Labute approximate surface area is 112 Å². The topological polar surface area (TPSA) is 79.5 Å². The number of rotatable bonds is 6. The number of aliphatic hydroxyl groups is 1. The Morgan fingerprint density at radius 3 is 2.74 bits per heavy atom. The number of amides is 1. The molecule has 0 unspecified atom stereocenters. The average Bonchev–Trinajstić information content (AvgIpc) is 3.14.